The number of aryl methyl sites for hydroxylation is 1. The molecule has 0 bridgehead atoms. The van der Waals surface area contributed by atoms with E-state index in [4.69, 9.17) is 5.73 Å². The van der Waals surface area contributed by atoms with Gasteiger partial charge in [-0.2, -0.15) is 0 Å². The molecule has 4 nitrogen and oxygen atoms in total. The quantitative estimate of drug-likeness (QED) is 0.896. The van der Waals surface area contributed by atoms with E-state index in [2.05, 4.69) is 4.72 Å². The highest BCUT2D eigenvalue weighted by Gasteiger charge is 2.40. The van der Waals surface area contributed by atoms with Crippen LogP contribution in [0.2, 0.25) is 0 Å². The zero-order chi connectivity index (χ0) is 15.7. The third-order valence-corrected chi connectivity index (χ3v) is 6.29. The van der Waals surface area contributed by atoms with E-state index in [9.17, 15) is 12.8 Å². The molecule has 2 unspecified atom stereocenters. The summed E-state index contributed by atoms with van der Waals surface area (Å²) in [5, 5.41) is 0. The summed E-state index contributed by atoms with van der Waals surface area (Å²) < 4.78 is 41.3. The van der Waals surface area contributed by atoms with Gasteiger partial charge in [0.05, 0.1) is 4.90 Å². The average Bonchev–Trinajstić information content (AvgIpc) is 2.40. The molecule has 0 amide bonds. The largest absolute Gasteiger partial charge is 0.329 e. The zero-order valence-corrected chi connectivity index (χ0v) is 13.3. The topological polar surface area (TPSA) is 72.2 Å². The van der Waals surface area contributed by atoms with Gasteiger partial charge in [0.15, 0.2) is 0 Å². The van der Waals surface area contributed by atoms with Crippen LogP contribution < -0.4 is 10.5 Å². The van der Waals surface area contributed by atoms with E-state index in [0.29, 0.717) is 5.56 Å². The second kappa shape index (κ2) is 6.02. The maximum Gasteiger partial charge on any atom is 0.241 e. The Kier molecular flexibility index (Phi) is 4.70. The summed E-state index contributed by atoms with van der Waals surface area (Å²) in [6.45, 7) is 3.90. The lowest BCUT2D eigenvalue weighted by molar-refractivity contribution is 0.191. The number of halogens is 1. The van der Waals surface area contributed by atoms with Crippen LogP contribution in [0, 0.1) is 18.7 Å². The highest BCUT2D eigenvalue weighted by Crippen LogP contribution is 2.34. The van der Waals surface area contributed by atoms with E-state index in [1.807, 2.05) is 6.92 Å². The Bertz CT molecular complexity index is 618. The molecule has 0 spiro atoms. The summed E-state index contributed by atoms with van der Waals surface area (Å²) in [4.78, 5) is 0.120. The van der Waals surface area contributed by atoms with Crippen molar-refractivity contribution in [3.63, 3.8) is 0 Å². The summed E-state index contributed by atoms with van der Waals surface area (Å²) in [7, 11) is -3.71. The van der Waals surface area contributed by atoms with Gasteiger partial charge in [-0.1, -0.05) is 19.8 Å². The van der Waals surface area contributed by atoms with Crippen molar-refractivity contribution in [2.24, 2.45) is 11.7 Å². The second-order valence-corrected chi connectivity index (χ2v) is 7.67. The summed E-state index contributed by atoms with van der Waals surface area (Å²) >= 11 is 0. The van der Waals surface area contributed by atoms with Crippen LogP contribution in [0.4, 0.5) is 4.39 Å². The van der Waals surface area contributed by atoms with Gasteiger partial charge in [-0.05, 0) is 49.4 Å². The van der Waals surface area contributed by atoms with Crippen LogP contribution in [0.15, 0.2) is 23.1 Å². The van der Waals surface area contributed by atoms with E-state index in [0.717, 1.165) is 25.7 Å². The third-order valence-electron chi connectivity index (χ3n) is 4.58. The van der Waals surface area contributed by atoms with Crippen LogP contribution in [0.5, 0.6) is 0 Å². The van der Waals surface area contributed by atoms with Crippen molar-refractivity contribution < 1.29 is 12.8 Å². The van der Waals surface area contributed by atoms with Crippen molar-refractivity contribution in [2.45, 2.75) is 50.0 Å². The van der Waals surface area contributed by atoms with Crippen molar-refractivity contribution in [3.05, 3.63) is 29.6 Å². The molecular formula is C15H23FN2O2S. The SMILES string of the molecule is Cc1cc(F)ccc1S(=O)(=O)NC1(CN)CCCCC1C. The first-order valence-electron chi connectivity index (χ1n) is 7.31. The summed E-state index contributed by atoms with van der Waals surface area (Å²) in [5.74, 6) is -0.252. The molecule has 2 rings (SSSR count). The lowest BCUT2D eigenvalue weighted by atomic mass is 9.74. The molecule has 1 aliphatic carbocycles. The highest BCUT2D eigenvalue weighted by molar-refractivity contribution is 7.89. The molecule has 3 N–H and O–H groups in total. The Morgan fingerprint density at radius 3 is 2.71 bits per heavy atom. The molecular weight excluding hydrogens is 291 g/mol. The summed E-state index contributed by atoms with van der Waals surface area (Å²) in [6.07, 6.45) is 3.76. The first-order valence-corrected chi connectivity index (χ1v) is 8.79. The molecule has 1 aromatic rings. The minimum atomic E-state index is -3.71. The predicted octanol–water partition coefficient (Wildman–Crippen LogP) is 2.32. The molecule has 1 saturated carbocycles. The van der Waals surface area contributed by atoms with Crippen molar-refractivity contribution in [1.82, 2.24) is 4.72 Å². The van der Waals surface area contributed by atoms with E-state index in [-0.39, 0.29) is 17.4 Å². The number of nitrogens with one attached hydrogen (secondary N) is 1. The van der Waals surface area contributed by atoms with Gasteiger partial charge in [0.1, 0.15) is 5.82 Å². The van der Waals surface area contributed by atoms with E-state index in [1.165, 1.54) is 18.2 Å². The molecule has 1 aromatic carbocycles. The highest BCUT2D eigenvalue weighted by atomic mass is 32.2. The molecule has 0 heterocycles. The van der Waals surface area contributed by atoms with Crippen LogP contribution in [-0.4, -0.2) is 20.5 Å². The first-order chi connectivity index (χ1) is 9.81. The van der Waals surface area contributed by atoms with E-state index < -0.39 is 21.4 Å². The van der Waals surface area contributed by atoms with Crippen LogP contribution in [0.25, 0.3) is 0 Å². The number of rotatable bonds is 4. The zero-order valence-electron chi connectivity index (χ0n) is 12.5. The maximum absolute atomic E-state index is 13.2. The molecule has 1 aliphatic rings. The van der Waals surface area contributed by atoms with Gasteiger partial charge >= 0.3 is 0 Å². The molecule has 2 atom stereocenters. The number of benzene rings is 1. The van der Waals surface area contributed by atoms with Crippen molar-refractivity contribution >= 4 is 10.0 Å². The molecule has 0 saturated heterocycles. The third kappa shape index (κ3) is 3.27. The monoisotopic (exact) mass is 314 g/mol. The fraction of sp³-hybridized carbons (Fsp3) is 0.600. The fourth-order valence-corrected chi connectivity index (χ4v) is 4.91. The van der Waals surface area contributed by atoms with Crippen molar-refractivity contribution in [3.8, 4) is 0 Å². The molecule has 118 valence electrons. The fourth-order valence-electron chi connectivity index (χ4n) is 3.15. The number of hydrogen-bond donors (Lipinski definition) is 2. The van der Waals surface area contributed by atoms with Crippen LogP contribution in [-0.2, 0) is 10.0 Å². The Labute approximate surface area is 126 Å². The van der Waals surface area contributed by atoms with Crippen LogP contribution >= 0.6 is 0 Å². The second-order valence-electron chi connectivity index (χ2n) is 6.02. The molecule has 0 aliphatic heterocycles. The van der Waals surface area contributed by atoms with Gasteiger partial charge in [-0.3, -0.25) is 0 Å². The molecule has 21 heavy (non-hydrogen) atoms. The van der Waals surface area contributed by atoms with Gasteiger partial charge in [0, 0.05) is 12.1 Å². The smallest absolute Gasteiger partial charge is 0.241 e. The number of nitrogens with two attached hydrogens (primary N) is 1. The minimum absolute atomic E-state index is 0.120. The minimum Gasteiger partial charge on any atom is -0.329 e. The lowest BCUT2D eigenvalue weighted by Gasteiger charge is -2.42. The lowest BCUT2D eigenvalue weighted by Crippen LogP contribution is -2.59. The van der Waals surface area contributed by atoms with Crippen LogP contribution in [0.3, 0.4) is 0 Å². The Hall–Kier alpha value is -0.980. The number of hydrogen-bond acceptors (Lipinski definition) is 3. The normalized spacial score (nSPS) is 26.8. The standard InChI is InChI=1S/C15H23FN2O2S/c1-11-9-13(16)6-7-14(11)21(19,20)18-15(10-17)8-4-3-5-12(15)2/h6-7,9,12,18H,3-5,8,10,17H2,1-2H3. The molecule has 1 fully saturated rings. The van der Waals surface area contributed by atoms with E-state index in [1.54, 1.807) is 6.92 Å². The predicted molar refractivity (Wildman–Crippen MR) is 80.9 cm³/mol. The molecule has 0 radical (unpaired) electrons. The van der Waals surface area contributed by atoms with Crippen molar-refractivity contribution in [2.75, 3.05) is 6.54 Å². The van der Waals surface area contributed by atoms with E-state index >= 15 is 0 Å². The van der Waals surface area contributed by atoms with Gasteiger partial charge in [-0.15, -0.1) is 0 Å². The Morgan fingerprint density at radius 2 is 2.14 bits per heavy atom. The maximum atomic E-state index is 13.2. The van der Waals surface area contributed by atoms with Gasteiger partial charge in [-0.25, -0.2) is 17.5 Å². The molecule has 6 heteroatoms. The average molecular weight is 314 g/mol. The van der Waals surface area contributed by atoms with Gasteiger partial charge in [0.25, 0.3) is 0 Å². The number of sulfonamides is 1. The van der Waals surface area contributed by atoms with Gasteiger partial charge in [0.2, 0.25) is 10.0 Å². The Morgan fingerprint density at radius 1 is 1.43 bits per heavy atom. The van der Waals surface area contributed by atoms with Gasteiger partial charge < -0.3 is 5.73 Å². The Balaban J connectivity index is 2.35. The summed E-state index contributed by atoms with van der Waals surface area (Å²) in [6, 6.07) is 3.71. The van der Waals surface area contributed by atoms with Crippen LogP contribution in [0.1, 0.15) is 38.2 Å². The first kappa shape index (κ1) is 16.4. The molecule has 0 aromatic heterocycles. The van der Waals surface area contributed by atoms with Crippen molar-refractivity contribution in [1.29, 1.82) is 0 Å². The summed E-state index contributed by atoms with van der Waals surface area (Å²) in [5.41, 5.74) is 5.69.